The molecule has 0 spiro atoms. The maximum Gasteiger partial charge on any atom is 0.281 e. The smallest absolute Gasteiger partial charge is 0.281 e. The highest BCUT2D eigenvalue weighted by Crippen LogP contribution is 2.43. The maximum atomic E-state index is 12.1. The number of benzene rings is 2. The molecule has 4 rings (SSSR count). The second-order valence-electron chi connectivity index (χ2n) is 5.01. The third-order valence-corrected chi connectivity index (χ3v) is 6.19. The van der Waals surface area contributed by atoms with Crippen LogP contribution in [0.15, 0.2) is 68.5 Å². The Balaban J connectivity index is 1.66. The number of halogens is 1. The van der Waals surface area contributed by atoms with Crippen molar-refractivity contribution < 1.29 is 12.8 Å². The summed E-state index contributed by atoms with van der Waals surface area (Å²) in [4.78, 5) is 0.856. The van der Waals surface area contributed by atoms with Gasteiger partial charge in [-0.15, -0.1) is 10.2 Å². The number of fused-ring (bicyclic) bond motifs is 1. The van der Waals surface area contributed by atoms with Gasteiger partial charge in [-0.1, -0.05) is 35.9 Å². The van der Waals surface area contributed by atoms with Gasteiger partial charge in [0.25, 0.3) is 5.22 Å². The summed E-state index contributed by atoms with van der Waals surface area (Å²) < 4.78 is 29.9. The number of aromatic nitrogens is 2. The van der Waals surface area contributed by atoms with Crippen molar-refractivity contribution in [3.05, 3.63) is 64.5 Å². The van der Waals surface area contributed by atoms with Crippen molar-refractivity contribution in [2.24, 2.45) is 0 Å². The van der Waals surface area contributed by atoms with Crippen molar-refractivity contribution in [2.45, 2.75) is 10.1 Å². The van der Waals surface area contributed by atoms with Crippen molar-refractivity contribution in [2.75, 3.05) is 0 Å². The molecule has 0 N–H and O–H groups in total. The van der Waals surface area contributed by atoms with Gasteiger partial charge in [-0.25, -0.2) is 8.42 Å². The zero-order valence-electron chi connectivity index (χ0n) is 12.0. The summed E-state index contributed by atoms with van der Waals surface area (Å²) in [5.41, 5.74) is 1.35. The van der Waals surface area contributed by atoms with Gasteiger partial charge in [-0.2, -0.15) is 0 Å². The second kappa shape index (κ2) is 5.77. The van der Waals surface area contributed by atoms with Crippen LogP contribution in [0.25, 0.3) is 16.4 Å². The number of nitrogens with zero attached hydrogens (tertiary/aromatic N) is 2. The molecule has 24 heavy (non-hydrogen) atoms. The molecule has 0 bridgehead atoms. The summed E-state index contributed by atoms with van der Waals surface area (Å²) in [6.07, 6.45) is 0. The van der Waals surface area contributed by atoms with Crippen molar-refractivity contribution in [1.82, 2.24) is 10.2 Å². The summed E-state index contributed by atoms with van der Waals surface area (Å²) in [5.74, 6) is 0.328. The average Bonchev–Trinajstić information content (AvgIpc) is 3.12. The number of rotatable bonds is 3. The lowest BCUT2D eigenvalue weighted by atomic mass is 10.2. The third-order valence-electron chi connectivity index (χ3n) is 3.40. The highest BCUT2D eigenvalue weighted by atomic mass is 35.5. The van der Waals surface area contributed by atoms with Gasteiger partial charge in [0, 0.05) is 21.1 Å². The molecule has 0 aliphatic carbocycles. The van der Waals surface area contributed by atoms with Crippen LogP contribution in [-0.2, 0) is 9.84 Å². The Bertz CT molecular complexity index is 1070. The molecule has 2 heterocycles. The Kier molecular flexibility index (Phi) is 3.71. The zero-order chi connectivity index (χ0) is 16.7. The molecule has 0 saturated carbocycles. The van der Waals surface area contributed by atoms with Crippen LogP contribution in [0.5, 0.6) is 0 Å². The van der Waals surface area contributed by atoms with Crippen LogP contribution in [0.2, 0.25) is 5.02 Å². The lowest BCUT2D eigenvalue weighted by Crippen LogP contribution is -1.91. The molecule has 0 atom stereocenters. The van der Waals surface area contributed by atoms with Gasteiger partial charge in [0.05, 0.1) is 10.3 Å². The largest absolute Gasteiger partial charge is 0.411 e. The van der Waals surface area contributed by atoms with Gasteiger partial charge in [-0.05, 0) is 36.0 Å². The Labute approximate surface area is 147 Å². The van der Waals surface area contributed by atoms with Gasteiger partial charge in [0.1, 0.15) is 0 Å². The van der Waals surface area contributed by atoms with E-state index in [9.17, 15) is 8.42 Å². The van der Waals surface area contributed by atoms with Crippen LogP contribution in [0.1, 0.15) is 5.56 Å². The van der Waals surface area contributed by atoms with Crippen LogP contribution < -0.4 is 0 Å². The molecule has 0 saturated heterocycles. The van der Waals surface area contributed by atoms with E-state index in [1.54, 1.807) is 42.5 Å². The third kappa shape index (κ3) is 2.75. The summed E-state index contributed by atoms with van der Waals surface area (Å²) in [6, 6.07) is 13.9. The first kappa shape index (κ1) is 15.4. The highest BCUT2D eigenvalue weighted by Gasteiger charge is 2.28. The first-order chi connectivity index (χ1) is 11.5. The minimum Gasteiger partial charge on any atom is -0.411 e. The summed E-state index contributed by atoms with van der Waals surface area (Å²) in [7, 11) is -3.42. The zero-order valence-corrected chi connectivity index (χ0v) is 14.4. The van der Waals surface area contributed by atoms with E-state index in [4.69, 9.17) is 16.0 Å². The van der Waals surface area contributed by atoms with E-state index < -0.39 is 9.84 Å². The maximum absolute atomic E-state index is 12.1. The molecule has 0 unspecified atom stereocenters. The fourth-order valence-corrected chi connectivity index (χ4v) is 5.14. The van der Waals surface area contributed by atoms with E-state index in [0.29, 0.717) is 31.8 Å². The number of hydrogen-bond acceptors (Lipinski definition) is 6. The first-order valence-electron chi connectivity index (χ1n) is 6.86. The van der Waals surface area contributed by atoms with Crippen LogP contribution in [0, 0.1) is 0 Å². The molecule has 5 nitrogen and oxygen atoms in total. The van der Waals surface area contributed by atoms with Crippen molar-refractivity contribution in [3.8, 4) is 11.5 Å². The molecule has 1 aliphatic rings. The van der Waals surface area contributed by atoms with E-state index in [-0.39, 0.29) is 5.22 Å². The van der Waals surface area contributed by atoms with Crippen LogP contribution in [-0.4, -0.2) is 18.6 Å². The molecule has 2 aromatic carbocycles. The summed E-state index contributed by atoms with van der Waals surface area (Å²) in [5, 5.41) is 10.0. The van der Waals surface area contributed by atoms with E-state index in [2.05, 4.69) is 10.2 Å². The molecule has 120 valence electrons. The lowest BCUT2D eigenvalue weighted by Gasteiger charge is -2.00. The Morgan fingerprint density at radius 2 is 1.88 bits per heavy atom. The van der Waals surface area contributed by atoms with Crippen LogP contribution in [0.3, 0.4) is 0 Å². The minimum atomic E-state index is -3.42. The molecule has 1 aromatic heterocycles. The molecular weight excluding hydrogens is 368 g/mol. The molecular formula is C16H9ClN2O3S2. The molecule has 0 radical (unpaired) electrons. The number of hydrogen-bond donors (Lipinski definition) is 0. The predicted molar refractivity (Wildman–Crippen MR) is 92.2 cm³/mol. The lowest BCUT2D eigenvalue weighted by molar-refractivity contribution is 0.467. The molecule has 8 heteroatoms. The van der Waals surface area contributed by atoms with Crippen LogP contribution >= 0.6 is 23.4 Å². The van der Waals surface area contributed by atoms with Crippen molar-refractivity contribution >= 4 is 38.1 Å². The Morgan fingerprint density at radius 3 is 2.71 bits per heavy atom. The monoisotopic (exact) mass is 376 g/mol. The van der Waals surface area contributed by atoms with E-state index in [1.165, 1.54) is 5.41 Å². The van der Waals surface area contributed by atoms with E-state index in [0.717, 1.165) is 11.8 Å². The van der Waals surface area contributed by atoms with Gasteiger partial charge in [-0.3, -0.25) is 0 Å². The predicted octanol–water partition coefficient (Wildman–Crippen LogP) is 4.27. The summed E-state index contributed by atoms with van der Waals surface area (Å²) >= 11 is 7.08. The normalized spacial score (nSPS) is 15.1. The highest BCUT2D eigenvalue weighted by molar-refractivity contribution is 8.09. The van der Waals surface area contributed by atoms with Crippen molar-refractivity contribution in [1.29, 1.82) is 0 Å². The molecule has 3 aromatic rings. The van der Waals surface area contributed by atoms with Gasteiger partial charge in [0.2, 0.25) is 15.7 Å². The average molecular weight is 377 g/mol. The van der Waals surface area contributed by atoms with Gasteiger partial charge < -0.3 is 4.42 Å². The SMILES string of the molecule is O=S1(=O)C=C(Sc2nnc(-c3cccc(Cl)c3)o2)c2ccccc21. The van der Waals surface area contributed by atoms with E-state index in [1.807, 2.05) is 6.07 Å². The topological polar surface area (TPSA) is 73.1 Å². The fraction of sp³-hybridized carbons (Fsp3) is 0. The minimum absolute atomic E-state index is 0.267. The number of sulfone groups is 1. The Hall–Kier alpha value is -2.09. The standard InChI is InChI=1S/C16H9ClN2O3S2/c17-11-5-3-4-10(8-11)15-18-19-16(22-15)23-13-9-24(20,21)14-7-2-1-6-12(13)14/h1-9H. The van der Waals surface area contributed by atoms with Crippen molar-refractivity contribution in [3.63, 3.8) is 0 Å². The van der Waals surface area contributed by atoms with Gasteiger partial charge in [0.15, 0.2) is 0 Å². The van der Waals surface area contributed by atoms with Gasteiger partial charge >= 0.3 is 0 Å². The quantitative estimate of drug-likeness (QED) is 0.679. The first-order valence-corrected chi connectivity index (χ1v) is 9.60. The number of thioether (sulfide) groups is 1. The molecule has 0 amide bonds. The molecule has 1 aliphatic heterocycles. The second-order valence-corrected chi connectivity index (χ2v) is 8.20. The molecule has 0 fully saturated rings. The fourth-order valence-electron chi connectivity index (χ4n) is 2.35. The van der Waals surface area contributed by atoms with Crippen LogP contribution in [0.4, 0.5) is 0 Å². The summed E-state index contributed by atoms with van der Waals surface area (Å²) in [6.45, 7) is 0. The van der Waals surface area contributed by atoms with E-state index >= 15 is 0 Å². The Morgan fingerprint density at radius 1 is 1.04 bits per heavy atom.